The van der Waals surface area contributed by atoms with Gasteiger partial charge in [0.1, 0.15) is 0 Å². The fourth-order valence-corrected chi connectivity index (χ4v) is 4.60. The summed E-state index contributed by atoms with van der Waals surface area (Å²) in [5.41, 5.74) is 3.76. The maximum absolute atomic E-state index is 13.4. The molecule has 6 nitrogen and oxygen atoms in total. The predicted octanol–water partition coefficient (Wildman–Crippen LogP) is 5.41. The van der Waals surface area contributed by atoms with Crippen LogP contribution in [-0.2, 0) is 11.3 Å². The van der Waals surface area contributed by atoms with E-state index in [1.54, 1.807) is 41.3 Å². The molecule has 0 aliphatic carbocycles. The molecule has 176 valence electrons. The maximum atomic E-state index is 13.4. The molecule has 3 aromatic rings. The number of fused-ring (bicyclic) bond motifs is 1. The summed E-state index contributed by atoms with van der Waals surface area (Å²) < 4.78 is 4.78. The molecular weight excluding hydrogens is 452 g/mol. The summed E-state index contributed by atoms with van der Waals surface area (Å²) in [7, 11) is 1.31. The lowest BCUT2D eigenvalue weighted by molar-refractivity contribution is 0.0600. The third kappa shape index (κ3) is 4.92. The summed E-state index contributed by atoms with van der Waals surface area (Å²) in [4.78, 5) is 43.1. The van der Waals surface area contributed by atoms with E-state index in [4.69, 9.17) is 16.3 Å². The van der Waals surface area contributed by atoms with Crippen LogP contribution in [0.2, 0.25) is 5.02 Å². The number of nitrogens with one attached hydrogen (secondary N) is 1. The van der Waals surface area contributed by atoms with Crippen molar-refractivity contribution < 1.29 is 14.3 Å². The summed E-state index contributed by atoms with van der Waals surface area (Å²) in [6.07, 6.45) is 2.89. The van der Waals surface area contributed by atoms with Gasteiger partial charge in [-0.1, -0.05) is 49.6 Å². The van der Waals surface area contributed by atoms with E-state index in [1.807, 2.05) is 18.2 Å². The number of rotatable bonds is 6. The number of unbranched alkanes of at least 4 members (excludes halogenated alkanes) is 1. The maximum Gasteiger partial charge on any atom is 0.337 e. The number of benzene rings is 2. The number of nitrogens with zero attached hydrogens (tertiary/aromatic N) is 1. The number of H-pyrrole nitrogens is 1. The van der Waals surface area contributed by atoms with Crippen LogP contribution in [0.25, 0.3) is 11.3 Å². The second kappa shape index (κ2) is 10.3. The Morgan fingerprint density at radius 3 is 2.56 bits per heavy atom. The average molecular weight is 479 g/mol. The van der Waals surface area contributed by atoms with E-state index in [0.717, 1.165) is 36.1 Å². The molecule has 1 N–H and O–H groups in total. The zero-order valence-electron chi connectivity index (χ0n) is 19.3. The van der Waals surface area contributed by atoms with E-state index < -0.39 is 5.97 Å². The molecule has 1 aliphatic rings. The van der Waals surface area contributed by atoms with Gasteiger partial charge >= 0.3 is 5.97 Å². The van der Waals surface area contributed by atoms with Crippen molar-refractivity contribution in [2.45, 2.75) is 38.6 Å². The standard InChI is InChI=1S/C27H27ClN2O4/c1-3-4-6-20-15-30(26(32)18-7-5-8-19(13-18)27(33)34-2)16-23-22(20)14-24(29-25(23)31)17-9-11-21(28)12-10-17/h5,7-14,20H,3-4,6,15-16H2,1-2H3,(H,29,31). The Bertz CT molecular complexity index is 1270. The number of hydrogen-bond acceptors (Lipinski definition) is 4. The largest absolute Gasteiger partial charge is 0.465 e. The highest BCUT2D eigenvalue weighted by atomic mass is 35.5. The molecule has 0 bridgehead atoms. The van der Waals surface area contributed by atoms with Crippen molar-refractivity contribution >= 4 is 23.5 Å². The smallest absolute Gasteiger partial charge is 0.337 e. The van der Waals surface area contributed by atoms with Crippen LogP contribution in [0.1, 0.15) is 63.9 Å². The molecule has 1 amide bonds. The molecule has 1 aromatic heterocycles. The number of ether oxygens (including phenoxy) is 1. The average Bonchev–Trinajstić information content (AvgIpc) is 2.86. The van der Waals surface area contributed by atoms with Crippen molar-refractivity contribution in [2.24, 2.45) is 0 Å². The van der Waals surface area contributed by atoms with Crippen LogP contribution < -0.4 is 5.56 Å². The highest BCUT2D eigenvalue weighted by Gasteiger charge is 2.31. The quantitative estimate of drug-likeness (QED) is 0.480. The summed E-state index contributed by atoms with van der Waals surface area (Å²) in [6.45, 7) is 2.86. The van der Waals surface area contributed by atoms with Crippen LogP contribution in [-0.4, -0.2) is 35.4 Å². The van der Waals surface area contributed by atoms with Crippen molar-refractivity contribution in [1.82, 2.24) is 9.88 Å². The third-order valence-electron chi connectivity index (χ3n) is 6.28. The van der Waals surface area contributed by atoms with Gasteiger partial charge in [-0.2, -0.15) is 0 Å². The van der Waals surface area contributed by atoms with Crippen LogP contribution >= 0.6 is 11.6 Å². The minimum Gasteiger partial charge on any atom is -0.465 e. The predicted molar refractivity (Wildman–Crippen MR) is 132 cm³/mol. The first-order valence-corrected chi connectivity index (χ1v) is 11.8. The van der Waals surface area contributed by atoms with E-state index in [-0.39, 0.29) is 23.9 Å². The van der Waals surface area contributed by atoms with Gasteiger partial charge in [-0.25, -0.2) is 4.79 Å². The number of methoxy groups -OCH3 is 1. The van der Waals surface area contributed by atoms with Crippen LogP contribution in [0.3, 0.4) is 0 Å². The topological polar surface area (TPSA) is 79.5 Å². The Morgan fingerprint density at radius 2 is 1.85 bits per heavy atom. The molecule has 0 saturated carbocycles. The van der Waals surface area contributed by atoms with Gasteiger partial charge in [0.15, 0.2) is 0 Å². The fraction of sp³-hybridized carbons (Fsp3) is 0.296. The minimum atomic E-state index is -0.495. The SMILES string of the molecule is CCCCC1CN(C(=O)c2cccc(C(=O)OC)c2)Cc2c1cc(-c1ccc(Cl)cc1)[nH]c2=O. The van der Waals surface area contributed by atoms with Crippen molar-refractivity contribution in [1.29, 1.82) is 0 Å². The van der Waals surface area contributed by atoms with Gasteiger partial charge in [-0.15, -0.1) is 0 Å². The third-order valence-corrected chi connectivity index (χ3v) is 6.53. The number of amides is 1. The molecule has 1 atom stereocenters. The Balaban J connectivity index is 1.69. The van der Waals surface area contributed by atoms with Crippen LogP contribution in [0, 0.1) is 0 Å². The lowest BCUT2D eigenvalue weighted by Gasteiger charge is -2.34. The molecule has 2 aromatic carbocycles. The van der Waals surface area contributed by atoms with Crippen LogP contribution in [0.4, 0.5) is 0 Å². The van der Waals surface area contributed by atoms with Crippen molar-refractivity contribution in [3.05, 3.63) is 92.2 Å². The highest BCUT2D eigenvalue weighted by molar-refractivity contribution is 6.30. The molecule has 1 aliphatic heterocycles. The second-order valence-corrected chi connectivity index (χ2v) is 8.99. The van der Waals surface area contributed by atoms with Gasteiger partial charge in [0.2, 0.25) is 0 Å². The highest BCUT2D eigenvalue weighted by Crippen LogP contribution is 2.33. The number of esters is 1. The Labute approximate surface area is 203 Å². The van der Waals surface area contributed by atoms with Gasteiger partial charge in [0.05, 0.1) is 19.2 Å². The summed E-state index contributed by atoms with van der Waals surface area (Å²) in [5, 5.41) is 0.635. The molecule has 0 saturated heterocycles. The lowest BCUT2D eigenvalue weighted by atomic mass is 9.85. The van der Waals surface area contributed by atoms with E-state index >= 15 is 0 Å². The number of carbonyl (C=O) groups excluding carboxylic acids is 2. The molecule has 0 spiro atoms. The molecular formula is C27H27ClN2O4. The number of pyridine rings is 1. The van der Waals surface area contributed by atoms with Gasteiger partial charge < -0.3 is 14.6 Å². The minimum absolute atomic E-state index is 0.0461. The monoisotopic (exact) mass is 478 g/mol. The van der Waals surface area contributed by atoms with E-state index in [9.17, 15) is 14.4 Å². The van der Waals surface area contributed by atoms with Gasteiger partial charge in [-0.3, -0.25) is 9.59 Å². The second-order valence-electron chi connectivity index (χ2n) is 8.55. The first-order valence-electron chi connectivity index (χ1n) is 11.4. The van der Waals surface area contributed by atoms with Crippen molar-refractivity contribution in [2.75, 3.05) is 13.7 Å². The number of halogens is 1. The summed E-state index contributed by atoms with van der Waals surface area (Å²) in [6, 6.07) is 15.9. The van der Waals surface area contributed by atoms with Gasteiger partial charge in [-0.05, 0) is 53.9 Å². The molecule has 4 rings (SSSR count). The summed E-state index contributed by atoms with van der Waals surface area (Å²) >= 11 is 6.02. The molecule has 34 heavy (non-hydrogen) atoms. The number of aromatic amines is 1. The molecule has 0 fully saturated rings. The van der Waals surface area contributed by atoms with Gasteiger partial charge in [0, 0.05) is 34.3 Å². The Kier molecular flexibility index (Phi) is 7.17. The van der Waals surface area contributed by atoms with E-state index in [1.165, 1.54) is 7.11 Å². The number of hydrogen-bond donors (Lipinski definition) is 1. The Hall–Kier alpha value is -3.38. The molecule has 2 heterocycles. The van der Waals surface area contributed by atoms with Crippen molar-refractivity contribution in [3.8, 4) is 11.3 Å². The van der Waals surface area contributed by atoms with Gasteiger partial charge in [0.25, 0.3) is 11.5 Å². The van der Waals surface area contributed by atoms with Crippen LogP contribution in [0.5, 0.6) is 0 Å². The van der Waals surface area contributed by atoms with E-state index in [0.29, 0.717) is 28.3 Å². The first kappa shape index (κ1) is 23.8. The molecule has 7 heteroatoms. The zero-order valence-corrected chi connectivity index (χ0v) is 20.0. The number of carbonyl (C=O) groups is 2. The lowest BCUT2D eigenvalue weighted by Crippen LogP contribution is -2.41. The fourth-order valence-electron chi connectivity index (χ4n) is 4.47. The number of aromatic nitrogens is 1. The van der Waals surface area contributed by atoms with Crippen LogP contribution in [0.15, 0.2) is 59.4 Å². The zero-order chi connectivity index (χ0) is 24.2. The van der Waals surface area contributed by atoms with E-state index in [2.05, 4.69) is 11.9 Å². The molecule has 0 radical (unpaired) electrons. The summed E-state index contributed by atoms with van der Waals surface area (Å²) in [5.74, 6) is -0.658. The normalized spacial score (nSPS) is 15.0. The molecule has 1 unspecified atom stereocenters. The Morgan fingerprint density at radius 1 is 1.12 bits per heavy atom. The van der Waals surface area contributed by atoms with Crippen molar-refractivity contribution in [3.63, 3.8) is 0 Å². The first-order chi connectivity index (χ1) is 16.4.